The second-order valence-corrected chi connectivity index (χ2v) is 6.74. The highest BCUT2D eigenvalue weighted by atomic mass is 16.3. The predicted octanol–water partition coefficient (Wildman–Crippen LogP) is 4.81. The van der Waals surface area contributed by atoms with Gasteiger partial charge in [0.15, 0.2) is 11.5 Å². The minimum absolute atomic E-state index is 0.0960. The maximum atomic E-state index is 12.4. The normalized spacial score (nSPS) is 15.4. The minimum atomic E-state index is -0.0960. The van der Waals surface area contributed by atoms with E-state index in [1.165, 1.54) is 19.3 Å². The molecule has 1 fully saturated rings. The van der Waals surface area contributed by atoms with E-state index in [0.717, 1.165) is 29.8 Å². The maximum Gasteiger partial charge on any atom is 0.251 e. The Kier molecular flexibility index (Phi) is 4.51. The van der Waals surface area contributed by atoms with Gasteiger partial charge in [-0.15, -0.1) is 0 Å². The number of rotatable bonds is 4. The number of hydrogen-bond acceptors (Lipinski definition) is 3. The van der Waals surface area contributed by atoms with E-state index in [0.29, 0.717) is 23.6 Å². The standard InChI is InChI=1S/C21H22N2O2/c24-20(22-14-15-7-3-1-4-8-15)17-11-12-18-19(13-17)25-21(23-18)16-9-5-2-6-10-16/h1,3-4,7-8,11-13,16H,2,5-6,9-10,14H2,(H,22,24). The molecule has 0 radical (unpaired) electrons. The molecule has 128 valence electrons. The fraction of sp³-hybridized carbons (Fsp3) is 0.333. The van der Waals surface area contributed by atoms with Gasteiger partial charge in [-0.05, 0) is 36.6 Å². The number of fused-ring (bicyclic) bond motifs is 1. The van der Waals surface area contributed by atoms with E-state index in [9.17, 15) is 4.79 Å². The quantitative estimate of drug-likeness (QED) is 0.745. The van der Waals surface area contributed by atoms with E-state index in [-0.39, 0.29) is 5.91 Å². The van der Waals surface area contributed by atoms with Crippen LogP contribution in [0, 0.1) is 0 Å². The number of hydrogen-bond donors (Lipinski definition) is 1. The Balaban J connectivity index is 1.49. The van der Waals surface area contributed by atoms with Crippen LogP contribution in [0.3, 0.4) is 0 Å². The molecule has 0 atom stereocenters. The largest absolute Gasteiger partial charge is 0.440 e. The van der Waals surface area contributed by atoms with Crippen molar-refractivity contribution < 1.29 is 9.21 Å². The fourth-order valence-electron chi connectivity index (χ4n) is 3.49. The number of nitrogens with one attached hydrogen (secondary N) is 1. The molecule has 1 aliphatic carbocycles. The SMILES string of the molecule is O=C(NCc1ccccc1)c1ccc2nc(C3CCCCC3)oc2c1. The summed E-state index contributed by atoms with van der Waals surface area (Å²) in [5.74, 6) is 1.16. The van der Waals surface area contributed by atoms with Crippen LogP contribution in [0.2, 0.25) is 0 Å². The van der Waals surface area contributed by atoms with Gasteiger partial charge in [-0.1, -0.05) is 49.6 Å². The number of carbonyl (C=O) groups is 1. The van der Waals surface area contributed by atoms with Crippen molar-refractivity contribution in [2.45, 2.75) is 44.6 Å². The maximum absolute atomic E-state index is 12.4. The van der Waals surface area contributed by atoms with Crippen molar-refractivity contribution >= 4 is 17.0 Å². The lowest BCUT2D eigenvalue weighted by Crippen LogP contribution is -2.22. The molecule has 25 heavy (non-hydrogen) atoms. The van der Waals surface area contributed by atoms with Crippen LogP contribution in [0.5, 0.6) is 0 Å². The van der Waals surface area contributed by atoms with E-state index < -0.39 is 0 Å². The van der Waals surface area contributed by atoms with Crippen molar-refractivity contribution in [3.05, 3.63) is 65.5 Å². The summed E-state index contributed by atoms with van der Waals surface area (Å²) in [4.78, 5) is 17.0. The Hall–Kier alpha value is -2.62. The van der Waals surface area contributed by atoms with Crippen LogP contribution in [0.4, 0.5) is 0 Å². The molecule has 4 nitrogen and oxygen atoms in total. The Bertz CT molecular complexity index is 864. The van der Waals surface area contributed by atoms with Crippen LogP contribution >= 0.6 is 0 Å². The zero-order valence-electron chi connectivity index (χ0n) is 14.2. The average molecular weight is 334 g/mol. The molecular weight excluding hydrogens is 312 g/mol. The van der Waals surface area contributed by atoms with Gasteiger partial charge in [0.25, 0.3) is 5.91 Å². The summed E-state index contributed by atoms with van der Waals surface area (Å²) in [6, 6.07) is 15.4. The van der Waals surface area contributed by atoms with Crippen molar-refractivity contribution in [3.63, 3.8) is 0 Å². The molecule has 1 aliphatic rings. The Morgan fingerprint density at radius 1 is 1.08 bits per heavy atom. The molecule has 4 rings (SSSR count). The third-order valence-electron chi connectivity index (χ3n) is 4.92. The number of oxazole rings is 1. The summed E-state index contributed by atoms with van der Waals surface area (Å²) < 4.78 is 5.97. The lowest BCUT2D eigenvalue weighted by Gasteiger charge is -2.17. The van der Waals surface area contributed by atoms with Crippen molar-refractivity contribution in [3.8, 4) is 0 Å². The Morgan fingerprint density at radius 3 is 2.68 bits per heavy atom. The van der Waals surface area contributed by atoms with Gasteiger partial charge in [0.1, 0.15) is 5.52 Å². The third-order valence-corrected chi connectivity index (χ3v) is 4.92. The van der Waals surface area contributed by atoms with Crippen molar-refractivity contribution in [2.75, 3.05) is 0 Å². The third kappa shape index (κ3) is 3.58. The van der Waals surface area contributed by atoms with Crippen LogP contribution in [0.25, 0.3) is 11.1 Å². The number of aromatic nitrogens is 1. The molecule has 1 heterocycles. The van der Waals surface area contributed by atoms with Crippen molar-refractivity contribution in [1.82, 2.24) is 10.3 Å². The number of nitrogens with zero attached hydrogens (tertiary/aromatic N) is 1. The van der Waals surface area contributed by atoms with Gasteiger partial charge in [0, 0.05) is 18.0 Å². The summed E-state index contributed by atoms with van der Waals surface area (Å²) in [5.41, 5.74) is 3.22. The highest BCUT2D eigenvalue weighted by Gasteiger charge is 2.21. The zero-order chi connectivity index (χ0) is 17.1. The summed E-state index contributed by atoms with van der Waals surface area (Å²) in [5, 5.41) is 2.95. The van der Waals surface area contributed by atoms with Crippen LogP contribution in [0.1, 0.15) is 59.8 Å². The molecule has 0 unspecified atom stereocenters. The van der Waals surface area contributed by atoms with E-state index in [4.69, 9.17) is 4.42 Å². The van der Waals surface area contributed by atoms with Gasteiger partial charge >= 0.3 is 0 Å². The lowest BCUT2D eigenvalue weighted by molar-refractivity contribution is 0.0951. The first-order chi connectivity index (χ1) is 12.3. The topological polar surface area (TPSA) is 55.1 Å². The van der Waals surface area contributed by atoms with E-state index in [1.54, 1.807) is 6.07 Å². The molecular formula is C21H22N2O2. The molecule has 3 aromatic rings. The van der Waals surface area contributed by atoms with Gasteiger partial charge in [-0.2, -0.15) is 0 Å². The molecule has 1 N–H and O–H groups in total. The van der Waals surface area contributed by atoms with Crippen LogP contribution in [-0.4, -0.2) is 10.9 Å². The van der Waals surface area contributed by atoms with Crippen molar-refractivity contribution in [2.24, 2.45) is 0 Å². The van der Waals surface area contributed by atoms with Crippen molar-refractivity contribution in [1.29, 1.82) is 0 Å². The van der Waals surface area contributed by atoms with Gasteiger partial charge in [-0.25, -0.2) is 4.98 Å². The second kappa shape index (κ2) is 7.09. The summed E-state index contributed by atoms with van der Waals surface area (Å²) in [6.45, 7) is 0.515. The lowest BCUT2D eigenvalue weighted by atomic mass is 9.89. The van der Waals surface area contributed by atoms with Crippen LogP contribution in [0.15, 0.2) is 52.9 Å². The molecule has 1 aromatic heterocycles. The van der Waals surface area contributed by atoms with E-state index in [1.807, 2.05) is 42.5 Å². The van der Waals surface area contributed by atoms with Gasteiger partial charge in [-0.3, -0.25) is 4.79 Å². The monoisotopic (exact) mass is 334 g/mol. The number of benzene rings is 2. The van der Waals surface area contributed by atoms with Gasteiger partial charge < -0.3 is 9.73 Å². The van der Waals surface area contributed by atoms with E-state index >= 15 is 0 Å². The summed E-state index contributed by atoms with van der Waals surface area (Å²) >= 11 is 0. The van der Waals surface area contributed by atoms with Crippen LogP contribution < -0.4 is 5.32 Å². The van der Waals surface area contributed by atoms with E-state index in [2.05, 4.69) is 10.3 Å². The molecule has 1 saturated carbocycles. The fourth-order valence-corrected chi connectivity index (χ4v) is 3.49. The van der Waals surface area contributed by atoms with Gasteiger partial charge in [0.2, 0.25) is 0 Å². The molecule has 0 saturated heterocycles. The minimum Gasteiger partial charge on any atom is -0.440 e. The highest BCUT2D eigenvalue weighted by Crippen LogP contribution is 2.33. The predicted molar refractivity (Wildman–Crippen MR) is 97.4 cm³/mol. The molecule has 0 spiro atoms. The number of amides is 1. The number of carbonyl (C=O) groups excluding carboxylic acids is 1. The Labute approximate surface area is 147 Å². The first kappa shape index (κ1) is 15.9. The summed E-state index contributed by atoms with van der Waals surface area (Å²) in [6.07, 6.45) is 6.10. The molecule has 4 heteroatoms. The first-order valence-corrected chi connectivity index (χ1v) is 9.02. The molecule has 1 amide bonds. The smallest absolute Gasteiger partial charge is 0.251 e. The van der Waals surface area contributed by atoms with Crippen LogP contribution in [-0.2, 0) is 6.54 Å². The first-order valence-electron chi connectivity index (χ1n) is 9.02. The Morgan fingerprint density at radius 2 is 1.88 bits per heavy atom. The summed E-state index contributed by atoms with van der Waals surface area (Å²) in [7, 11) is 0. The molecule has 2 aromatic carbocycles. The highest BCUT2D eigenvalue weighted by molar-refractivity contribution is 5.97. The zero-order valence-corrected chi connectivity index (χ0v) is 14.2. The molecule has 0 bridgehead atoms. The van der Waals surface area contributed by atoms with Gasteiger partial charge in [0.05, 0.1) is 0 Å². The molecule has 0 aliphatic heterocycles. The average Bonchev–Trinajstić information content (AvgIpc) is 3.11. The second-order valence-electron chi connectivity index (χ2n) is 6.74.